The number of Topliss-reactive ketones (excluding diaryl/α,β-unsaturated/α-hetero) is 1. The van der Waals surface area contributed by atoms with Crippen LogP contribution in [-0.4, -0.2) is 44.6 Å². The van der Waals surface area contributed by atoms with Crippen molar-refractivity contribution in [3.05, 3.63) is 57.8 Å². The Hall–Kier alpha value is -2.03. The molecule has 150 valence electrons. The average molecular weight is 421 g/mol. The zero-order valence-corrected chi connectivity index (χ0v) is 17.4. The van der Waals surface area contributed by atoms with Gasteiger partial charge in [0.15, 0.2) is 5.78 Å². The van der Waals surface area contributed by atoms with E-state index in [1.165, 1.54) is 18.3 Å². The number of hydrogen-bond acceptors (Lipinski definition) is 5. The van der Waals surface area contributed by atoms with Crippen LogP contribution in [0.25, 0.3) is 0 Å². The summed E-state index contributed by atoms with van der Waals surface area (Å²) >= 11 is 1.21. The number of hydrogen-bond donors (Lipinski definition) is 1. The SMILES string of the molecule is CC(=O)c1ccc(C(=O)N2CCCC(CNS(=O)(=O)Cc3ccccc3)C2)s1. The highest BCUT2D eigenvalue weighted by molar-refractivity contribution is 7.88. The van der Waals surface area contributed by atoms with E-state index in [-0.39, 0.29) is 23.4 Å². The molecule has 2 aromatic rings. The maximum absolute atomic E-state index is 12.7. The third-order valence-electron chi connectivity index (χ3n) is 4.76. The molecule has 0 spiro atoms. The number of piperidine rings is 1. The molecule has 0 aliphatic carbocycles. The molecule has 1 aliphatic rings. The van der Waals surface area contributed by atoms with Crippen LogP contribution in [0.1, 0.15) is 44.7 Å². The normalized spacial score (nSPS) is 17.5. The van der Waals surface area contributed by atoms with E-state index in [4.69, 9.17) is 0 Å². The van der Waals surface area contributed by atoms with E-state index in [0.29, 0.717) is 29.4 Å². The number of nitrogens with one attached hydrogen (secondary N) is 1. The molecule has 8 heteroatoms. The van der Waals surface area contributed by atoms with E-state index in [0.717, 1.165) is 18.4 Å². The zero-order valence-electron chi connectivity index (χ0n) is 15.8. The first-order valence-electron chi connectivity index (χ1n) is 9.25. The van der Waals surface area contributed by atoms with Gasteiger partial charge in [-0.2, -0.15) is 0 Å². The number of ketones is 1. The van der Waals surface area contributed by atoms with Crippen LogP contribution in [0.2, 0.25) is 0 Å². The summed E-state index contributed by atoms with van der Waals surface area (Å²) in [6.45, 7) is 2.97. The van der Waals surface area contributed by atoms with Gasteiger partial charge in [0.1, 0.15) is 0 Å². The molecule has 1 aliphatic heterocycles. The fourth-order valence-electron chi connectivity index (χ4n) is 3.30. The van der Waals surface area contributed by atoms with Crippen molar-refractivity contribution < 1.29 is 18.0 Å². The molecule has 0 saturated carbocycles. The molecule has 1 aromatic carbocycles. The lowest BCUT2D eigenvalue weighted by atomic mass is 9.98. The molecule has 2 heterocycles. The molecule has 1 N–H and O–H groups in total. The fraction of sp³-hybridized carbons (Fsp3) is 0.400. The van der Waals surface area contributed by atoms with Gasteiger partial charge in [-0.05, 0) is 43.4 Å². The predicted molar refractivity (Wildman–Crippen MR) is 110 cm³/mol. The lowest BCUT2D eigenvalue weighted by molar-refractivity contribution is 0.0681. The molecule has 1 atom stereocenters. The van der Waals surface area contributed by atoms with Crippen LogP contribution in [0.4, 0.5) is 0 Å². The Kier molecular flexibility index (Phi) is 6.64. The number of thiophene rings is 1. The van der Waals surface area contributed by atoms with Crippen LogP contribution in [0.15, 0.2) is 42.5 Å². The number of amides is 1. The van der Waals surface area contributed by atoms with Gasteiger partial charge in [-0.25, -0.2) is 13.1 Å². The van der Waals surface area contributed by atoms with Gasteiger partial charge in [0.05, 0.1) is 15.5 Å². The third kappa shape index (κ3) is 5.50. The average Bonchev–Trinajstić information content (AvgIpc) is 3.17. The van der Waals surface area contributed by atoms with Gasteiger partial charge in [-0.3, -0.25) is 9.59 Å². The van der Waals surface area contributed by atoms with Crippen molar-refractivity contribution in [2.24, 2.45) is 5.92 Å². The van der Waals surface area contributed by atoms with Crippen molar-refractivity contribution >= 4 is 33.1 Å². The van der Waals surface area contributed by atoms with Crippen LogP contribution in [0.3, 0.4) is 0 Å². The molecule has 1 saturated heterocycles. The van der Waals surface area contributed by atoms with Crippen molar-refractivity contribution in [2.45, 2.75) is 25.5 Å². The number of carbonyl (C=O) groups is 2. The predicted octanol–water partition coefficient (Wildman–Crippen LogP) is 2.92. The van der Waals surface area contributed by atoms with Crippen molar-refractivity contribution in [2.75, 3.05) is 19.6 Å². The topological polar surface area (TPSA) is 83.6 Å². The number of sulfonamides is 1. The van der Waals surface area contributed by atoms with Gasteiger partial charge in [0.2, 0.25) is 10.0 Å². The number of likely N-dealkylation sites (tertiary alicyclic amines) is 1. The Balaban J connectivity index is 1.55. The highest BCUT2D eigenvalue weighted by Gasteiger charge is 2.26. The van der Waals surface area contributed by atoms with Gasteiger partial charge < -0.3 is 4.90 Å². The Labute approximate surface area is 169 Å². The molecule has 0 bridgehead atoms. The van der Waals surface area contributed by atoms with Crippen LogP contribution in [0.5, 0.6) is 0 Å². The van der Waals surface area contributed by atoms with Crippen molar-refractivity contribution in [3.63, 3.8) is 0 Å². The van der Waals surface area contributed by atoms with Gasteiger partial charge in [-0.15, -0.1) is 11.3 Å². The summed E-state index contributed by atoms with van der Waals surface area (Å²) in [6, 6.07) is 12.4. The summed E-state index contributed by atoms with van der Waals surface area (Å²) in [5.41, 5.74) is 0.745. The zero-order chi connectivity index (χ0) is 20.1. The lowest BCUT2D eigenvalue weighted by Crippen LogP contribution is -2.43. The van der Waals surface area contributed by atoms with E-state index < -0.39 is 10.0 Å². The maximum Gasteiger partial charge on any atom is 0.263 e. The number of carbonyl (C=O) groups excluding carboxylic acids is 2. The summed E-state index contributed by atoms with van der Waals surface area (Å²) < 4.78 is 27.3. The van der Waals surface area contributed by atoms with Crippen molar-refractivity contribution in [1.82, 2.24) is 9.62 Å². The van der Waals surface area contributed by atoms with E-state index in [2.05, 4.69) is 4.72 Å². The maximum atomic E-state index is 12.7. The van der Waals surface area contributed by atoms with Crippen LogP contribution < -0.4 is 4.72 Å². The summed E-state index contributed by atoms with van der Waals surface area (Å²) in [5, 5.41) is 0. The van der Waals surface area contributed by atoms with E-state index in [9.17, 15) is 18.0 Å². The Morgan fingerprint density at radius 3 is 2.54 bits per heavy atom. The highest BCUT2D eigenvalue weighted by Crippen LogP contribution is 2.23. The first kappa shape index (κ1) is 20.7. The molecule has 28 heavy (non-hydrogen) atoms. The second kappa shape index (κ2) is 8.98. The molecular weight excluding hydrogens is 396 g/mol. The smallest absolute Gasteiger partial charge is 0.263 e. The van der Waals surface area contributed by atoms with Crippen LogP contribution in [-0.2, 0) is 15.8 Å². The minimum Gasteiger partial charge on any atom is -0.338 e. The van der Waals surface area contributed by atoms with Crippen molar-refractivity contribution in [1.29, 1.82) is 0 Å². The molecule has 0 radical (unpaired) electrons. The summed E-state index contributed by atoms with van der Waals surface area (Å²) in [7, 11) is -3.42. The van der Waals surface area contributed by atoms with Gasteiger partial charge in [0.25, 0.3) is 5.91 Å². The summed E-state index contributed by atoms with van der Waals surface area (Å²) in [5.74, 6) is -0.107. The molecule has 6 nitrogen and oxygen atoms in total. The lowest BCUT2D eigenvalue weighted by Gasteiger charge is -2.32. The van der Waals surface area contributed by atoms with Gasteiger partial charge >= 0.3 is 0 Å². The van der Waals surface area contributed by atoms with E-state index in [1.807, 2.05) is 18.2 Å². The van der Waals surface area contributed by atoms with Crippen molar-refractivity contribution in [3.8, 4) is 0 Å². The van der Waals surface area contributed by atoms with Crippen LogP contribution >= 0.6 is 11.3 Å². The first-order valence-corrected chi connectivity index (χ1v) is 11.7. The quantitative estimate of drug-likeness (QED) is 0.698. The molecule has 1 fully saturated rings. The second-order valence-electron chi connectivity index (χ2n) is 7.07. The van der Waals surface area contributed by atoms with E-state index >= 15 is 0 Å². The van der Waals surface area contributed by atoms with Gasteiger partial charge in [-0.1, -0.05) is 30.3 Å². The Morgan fingerprint density at radius 2 is 1.86 bits per heavy atom. The molecule has 3 rings (SSSR count). The molecular formula is C20H24N2O4S2. The third-order valence-corrected chi connectivity index (χ3v) is 7.26. The fourth-order valence-corrected chi connectivity index (χ4v) is 5.40. The second-order valence-corrected chi connectivity index (χ2v) is 9.96. The number of benzene rings is 1. The largest absolute Gasteiger partial charge is 0.338 e. The monoisotopic (exact) mass is 420 g/mol. The first-order chi connectivity index (χ1) is 13.3. The molecule has 1 amide bonds. The van der Waals surface area contributed by atoms with E-state index in [1.54, 1.807) is 29.2 Å². The minimum atomic E-state index is -3.42. The highest BCUT2D eigenvalue weighted by atomic mass is 32.2. The van der Waals surface area contributed by atoms with Gasteiger partial charge in [0, 0.05) is 19.6 Å². The van der Waals surface area contributed by atoms with Crippen LogP contribution in [0, 0.1) is 5.92 Å². The summed E-state index contributed by atoms with van der Waals surface area (Å²) in [6.07, 6.45) is 1.71. The minimum absolute atomic E-state index is 0.0478. The summed E-state index contributed by atoms with van der Waals surface area (Å²) in [4.78, 5) is 27.0. The number of rotatable bonds is 7. The standard InChI is InChI=1S/C20H24N2O4S2/c1-15(23)18-9-10-19(27-18)20(24)22-11-5-8-17(13-22)12-21-28(25,26)14-16-6-3-2-4-7-16/h2-4,6-7,9-10,17,21H,5,8,11-14H2,1H3. The Morgan fingerprint density at radius 1 is 1.14 bits per heavy atom. The Bertz CT molecular complexity index is 938. The number of nitrogens with zero attached hydrogens (tertiary/aromatic N) is 1. The molecule has 1 unspecified atom stereocenters. The molecule has 1 aromatic heterocycles.